The Labute approximate surface area is 376 Å². The molecule has 0 aromatic carbocycles. The fraction of sp³-hybridized carbons (Fsp3) is 1.00. The zero-order valence-corrected chi connectivity index (χ0v) is 43.9. The highest BCUT2D eigenvalue weighted by Crippen LogP contribution is 2.30. The molecule has 0 N–H and O–H groups in total. The van der Waals surface area contributed by atoms with E-state index in [1.54, 1.807) is 0 Å². The Kier molecular flexibility index (Phi) is 39.1. The maximum absolute atomic E-state index is 6.85. The summed E-state index contributed by atoms with van der Waals surface area (Å²) in [6.07, 6.45) is 32.5. The normalized spacial score (nSPS) is 18.6. The average Bonchev–Trinajstić information content (AvgIpc) is 3.09. The van der Waals surface area contributed by atoms with Crippen molar-refractivity contribution in [2.45, 2.75) is 272 Å². The quantitative estimate of drug-likeness (QED) is 0.0347. The highest BCUT2D eigenvalue weighted by molar-refractivity contribution is 9.09. The summed E-state index contributed by atoms with van der Waals surface area (Å²) in [6.45, 7) is 30.5. The first kappa shape index (κ1) is 57.8. The third-order valence-corrected chi connectivity index (χ3v) is 13.2. The van der Waals surface area contributed by atoms with E-state index in [0.29, 0.717) is 9.65 Å². The summed E-state index contributed by atoms with van der Waals surface area (Å²) in [5.41, 5.74) is 0. The molecule has 0 aliphatic rings. The molecule has 57 heavy (non-hydrogen) atoms. The maximum atomic E-state index is 6.85. The van der Waals surface area contributed by atoms with E-state index in [9.17, 15) is 0 Å². The number of rotatable bonds is 42. The molecule has 344 valence electrons. The van der Waals surface area contributed by atoms with E-state index in [1.165, 1.54) is 128 Å². The number of ether oxygens (including phenoxy) is 3. The van der Waals surface area contributed by atoms with Gasteiger partial charge in [0.2, 0.25) is 0 Å². The minimum Gasteiger partial charge on any atom is -0.353 e. The Morgan fingerprint density at radius 2 is 0.596 bits per heavy atom. The molecule has 0 aliphatic heterocycles. The molecule has 0 aromatic heterocycles. The molecule has 0 fully saturated rings. The van der Waals surface area contributed by atoms with Crippen LogP contribution in [0.3, 0.4) is 0 Å². The van der Waals surface area contributed by atoms with Gasteiger partial charge >= 0.3 is 0 Å². The molecule has 0 heterocycles. The molecule has 0 aromatic rings. The topological polar surface area (TPSA) is 27.7 Å². The molecule has 0 amide bonds. The summed E-state index contributed by atoms with van der Waals surface area (Å²) in [5.74, 6) is 6.23. The number of hydrogen-bond donors (Lipinski definition) is 0. The summed E-state index contributed by atoms with van der Waals surface area (Å²) >= 11 is 7.52. The van der Waals surface area contributed by atoms with Crippen molar-refractivity contribution in [1.29, 1.82) is 0 Å². The first-order valence-electron chi connectivity index (χ1n) is 25.3. The average molecular weight is 937 g/mol. The molecule has 3 nitrogen and oxygen atoms in total. The van der Waals surface area contributed by atoms with Crippen LogP contribution in [0.2, 0.25) is 0 Å². The highest BCUT2D eigenvalue weighted by atomic mass is 79.9. The van der Waals surface area contributed by atoms with Crippen molar-refractivity contribution in [1.82, 2.24) is 0 Å². The zero-order valence-electron chi connectivity index (χ0n) is 40.7. The van der Waals surface area contributed by atoms with Crippen molar-refractivity contribution in [2.75, 3.05) is 13.2 Å². The van der Waals surface area contributed by atoms with Crippen LogP contribution in [0.1, 0.15) is 250 Å². The second kappa shape index (κ2) is 38.5. The molecule has 0 aliphatic carbocycles. The van der Waals surface area contributed by atoms with Gasteiger partial charge in [0.1, 0.15) is 0 Å². The molecule has 12 unspecified atom stereocenters. The molecule has 5 heteroatoms. The van der Waals surface area contributed by atoms with Crippen molar-refractivity contribution in [2.24, 2.45) is 47.3 Å². The zero-order chi connectivity index (χ0) is 42.8. The van der Waals surface area contributed by atoms with E-state index in [4.69, 9.17) is 14.2 Å². The minimum atomic E-state index is -0.160. The van der Waals surface area contributed by atoms with E-state index in [0.717, 1.165) is 99.1 Å². The summed E-state index contributed by atoms with van der Waals surface area (Å²) in [6, 6.07) is 0. The monoisotopic (exact) mass is 935 g/mol. The largest absolute Gasteiger partial charge is 0.353 e. The second-order valence-corrected chi connectivity index (χ2v) is 23.5. The fourth-order valence-electron chi connectivity index (χ4n) is 10.1. The van der Waals surface area contributed by atoms with Crippen molar-refractivity contribution in [3.8, 4) is 0 Å². The molecular weight excluding hydrogens is 832 g/mol. The summed E-state index contributed by atoms with van der Waals surface area (Å²) < 4.78 is 20.0. The fourth-order valence-corrected chi connectivity index (χ4v) is 11.3. The molecule has 0 radical (unpaired) electrons. The number of halogens is 2. The van der Waals surface area contributed by atoms with Gasteiger partial charge in [-0.25, -0.2) is 0 Å². The van der Waals surface area contributed by atoms with Gasteiger partial charge in [0.15, 0.2) is 12.6 Å². The predicted molar refractivity (Wildman–Crippen MR) is 262 cm³/mol. The van der Waals surface area contributed by atoms with Crippen LogP contribution < -0.4 is 0 Å². The van der Waals surface area contributed by atoms with Gasteiger partial charge in [0.25, 0.3) is 0 Å². The van der Waals surface area contributed by atoms with Crippen molar-refractivity contribution >= 4 is 31.9 Å². The number of hydrogen-bond acceptors (Lipinski definition) is 3. The van der Waals surface area contributed by atoms with Gasteiger partial charge in [-0.15, -0.1) is 0 Å². The number of unbranched alkanes of at least 4 members (excludes halogenated alkanes) is 10. The van der Waals surface area contributed by atoms with Gasteiger partial charge in [-0.2, -0.15) is 0 Å². The summed E-state index contributed by atoms with van der Waals surface area (Å²) in [4.78, 5) is 1.24. The standard InChI is InChI=1S/C52H104Br2O3/c1-13-15-17-19-21-23-31-55-51(29-25-27-41(3)33-43(5)35-45(7)37-47(9)39-49(11)53)57-52(56-32-24-22-20-18-16-14-2)30-26-28-42(4)34-44(6)36-46(8)38-48(10)40-50(12)54/h41-52H,13-40H2,1-12H3. The van der Waals surface area contributed by atoms with Gasteiger partial charge in [-0.3, -0.25) is 0 Å². The molecule has 0 rings (SSSR count). The van der Waals surface area contributed by atoms with Gasteiger partial charge in [0, 0.05) is 22.9 Å². The van der Waals surface area contributed by atoms with Crippen LogP contribution in [-0.2, 0) is 14.2 Å². The highest BCUT2D eigenvalue weighted by Gasteiger charge is 2.21. The van der Waals surface area contributed by atoms with E-state index in [1.807, 2.05) is 0 Å². The number of alkyl halides is 2. The molecular formula is C52H104Br2O3. The lowest BCUT2D eigenvalue weighted by Gasteiger charge is -2.27. The van der Waals surface area contributed by atoms with E-state index >= 15 is 0 Å². The third-order valence-electron chi connectivity index (χ3n) is 12.5. The van der Waals surface area contributed by atoms with Crippen LogP contribution >= 0.6 is 31.9 Å². The predicted octanol–water partition coefficient (Wildman–Crippen LogP) is 18.5. The molecule has 0 saturated carbocycles. The lowest BCUT2D eigenvalue weighted by atomic mass is 9.83. The van der Waals surface area contributed by atoms with Crippen LogP contribution in [-0.4, -0.2) is 35.4 Å². The summed E-state index contributed by atoms with van der Waals surface area (Å²) in [7, 11) is 0. The Morgan fingerprint density at radius 1 is 0.316 bits per heavy atom. The van der Waals surface area contributed by atoms with Crippen LogP contribution in [0.5, 0.6) is 0 Å². The smallest absolute Gasteiger partial charge is 0.160 e. The van der Waals surface area contributed by atoms with Gasteiger partial charge in [-0.1, -0.05) is 192 Å². The van der Waals surface area contributed by atoms with Crippen molar-refractivity contribution in [3.05, 3.63) is 0 Å². The van der Waals surface area contributed by atoms with Gasteiger partial charge in [-0.05, 0) is 137 Å². The second-order valence-electron chi connectivity index (χ2n) is 20.4. The van der Waals surface area contributed by atoms with Crippen LogP contribution in [0.25, 0.3) is 0 Å². The van der Waals surface area contributed by atoms with Crippen LogP contribution in [0.15, 0.2) is 0 Å². The van der Waals surface area contributed by atoms with E-state index in [2.05, 4.69) is 115 Å². The van der Waals surface area contributed by atoms with Crippen molar-refractivity contribution in [3.63, 3.8) is 0 Å². The Bertz CT molecular complexity index is 772. The SMILES string of the molecule is CCCCCCCCOC(CCCC(C)CC(C)CC(C)CC(C)CC(C)Br)OC(CCCC(C)CC(C)CC(C)CC(C)CC(C)Br)OCCCCCCCC. The Balaban J connectivity index is 5.27. The van der Waals surface area contributed by atoms with Gasteiger partial charge in [0.05, 0.1) is 0 Å². The van der Waals surface area contributed by atoms with Crippen LogP contribution in [0, 0.1) is 47.3 Å². The third kappa shape index (κ3) is 38.3. The van der Waals surface area contributed by atoms with Crippen molar-refractivity contribution < 1.29 is 14.2 Å². The Morgan fingerprint density at radius 3 is 0.912 bits per heavy atom. The molecule has 0 bridgehead atoms. The molecule has 0 saturated heterocycles. The molecule has 12 atom stereocenters. The Hall–Kier alpha value is 0.840. The van der Waals surface area contributed by atoms with Crippen LogP contribution in [0.4, 0.5) is 0 Å². The minimum absolute atomic E-state index is 0.160. The summed E-state index contributed by atoms with van der Waals surface area (Å²) in [5, 5.41) is 0. The maximum Gasteiger partial charge on any atom is 0.160 e. The molecule has 0 spiro atoms. The first-order valence-corrected chi connectivity index (χ1v) is 27.1. The van der Waals surface area contributed by atoms with E-state index in [-0.39, 0.29) is 12.6 Å². The lowest BCUT2D eigenvalue weighted by Crippen LogP contribution is -2.28. The lowest BCUT2D eigenvalue weighted by molar-refractivity contribution is -0.250. The van der Waals surface area contributed by atoms with E-state index < -0.39 is 0 Å². The first-order chi connectivity index (χ1) is 27.1. The van der Waals surface area contributed by atoms with Gasteiger partial charge < -0.3 is 14.2 Å².